The van der Waals surface area contributed by atoms with E-state index in [-0.39, 0.29) is 17.0 Å². The van der Waals surface area contributed by atoms with Crippen molar-refractivity contribution in [3.05, 3.63) is 0 Å². The van der Waals surface area contributed by atoms with Crippen LogP contribution in [0.3, 0.4) is 0 Å². The number of hydrogen-bond donors (Lipinski definition) is 1. The van der Waals surface area contributed by atoms with Gasteiger partial charge in [0.15, 0.2) is 9.84 Å². The van der Waals surface area contributed by atoms with Crippen LogP contribution in [-0.4, -0.2) is 62.2 Å². The molecule has 0 amide bonds. The van der Waals surface area contributed by atoms with Gasteiger partial charge in [-0.2, -0.15) is 0 Å². The summed E-state index contributed by atoms with van der Waals surface area (Å²) in [6, 6.07) is 0. The molecule has 2 bridgehead atoms. The fraction of sp³-hybridized carbons (Fsp3) is 1.00. The molecule has 3 atom stereocenters. The molecular weight excluding hydrogens is 240 g/mol. The largest absolute Gasteiger partial charge is 0.372 e. The van der Waals surface area contributed by atoms with Crippen molar-refractivity contribution in [2.75, 3.05) is 31.1 Å². The Morgan fingerprint density at radius 3 is 2.41 bits per heavy atom. The summed E-state index contributed by atoms with van der Waals surface area (Å²) in [5.41, 5.74) is 5.57. The highest BCUT2D eigenvalue weighted by Crippen LogP contribution is 2.35. The molecule has 3 saturated heterocycles. The third kappa shape index (κ3) is 2.01. The molecule has 0 aromatic rings. The number of morpholine rings is 1. The highest BCUT2D eigenvalue weighted by molar-refractivity contribution is 7.91. The number of rotatable bonds is 2. The Morgan fingerprint density at radius 2 is 1.94 bits per heavy atom. The van der Waals surface area contributed by atoms with Gasteiger partial charge in [-0.25, -0.2) is 8.42 Å². The summed E-state index contributed by atoms with van der Waals surface area (Å²) in [7, 11) is -2.89. The first-order valence-electron chi connectivity index (χ1n) is 6.34. The first kappa shape index (κ1) is 11.9. The standard InChI is InChI=1S/C11H20N2O3S/c12-7-11(3-4-17(14,15)8-11)13-5-9-1-2-10(6-13)16-9/h9-10H,1-8,12H2. The van der Waals surface area contributed by atoms with Gasteiger partial charge in [-0.15, -0.1) is 0 Å². The summed E-state index contributed by atoms with van der Waals surface area (Å²) >= 11 is 0. The normalized spacial score (nSPS) is 45.2. The molecule has 2 N–H and O–H groups in total. The topological polar surface area (TPSA) is 72.6 Å². The molecule has 3 fully saturated rings. The quantitative estimate of drug-likeness (QED) is 0.715. The zero-order valence-electron chi connectivity index (χ0n) is 9.97. The molecule has 3 rings (SSSR count). The SMILES string of the molecule is NCC1(N2CC3CCC(C2)O3)CCS(=O)(=O)C1. The monoisotopic (exact) mass is 260 g/mol. The van der Waals surface area contributed by atoms with Gasteiger partial charge in [0.05, 0.1) is 23.7 Å². The van der Waals surface area contributed by atoms with Gasteiger partial charge in [-0.3, -0.25) is 4.90 Å². The molecule has 3 aliphatic rings. The Morgan fingerprint density at radius 1 is 1.29 bits per heavy atom. The minimum absolute atomic E-state index is 0.232. The van der Waals surface area contributed by atoms with Crippen LogP contribution < -0.4 is 5.73 Å². The summed E-state index contributed by atoms with van der Waals surface area (Å²) in [4.78, 5) is 2.30. The molecule has 0 saturated carbocycles. The Kier molecular flexibility index (Phi) is 2.74. The summed E-state index contributed by atoms with van der Waals surface area (Å²) in [5.74, 6) is 0.521. The van der Waals surface area contributed by atoms with E-state index in [1.165, 1.54) is 0 Å². The lowest BCUT2D eigenvalue weighted by molar-refractivity contribution is -0.0710. The van der Waals surface area contributed by atoms with Crippen molar-refractivity contribution in [1.29, 1.82) is 0 Å². The minimum Gasteiger partial charge on any atom is -0.372 e. The van der Waals surface area contributed by atoms with Crippen LogP contribution in [0.5, 0.6) is 0 Å². The molecule has 0 aliphatic carbocycles. The Labute approximate surface area is 102 Å². The van der Waals surface area contributed by atoms with Gasteiger partial charge in [0, 0.05) is 25.2 Å². The van der Waals surface area contributed by atoms with Crippen molar-refractivity contribution in [3.63, 3.8) is 0 Å². The van der Waals surface area contributed by atoms with Crippen molar-refractivity contribution in [1.82, 2.24) is 4.90 Å². The van der Waals surface area contributed by atoms with Crippen molar-refractivity contribution in [3.8, 4) is 0 Å². The predicted octanol–water partition coefficient (Wildman–Crippen LogP) is -0.634. The molecule has 3 heterocycles. The lowest BCUT2D eigenvalue weighted by Gasteiger charge is -2.44. The fourth-order valence-corrected chi connectivity index (χ4v) is 5.54. The molecule has 3 unspecified atom stereocenters. The molecular formula is C11H20N2O3S. The number of fused-ring (bicyclic) bond motifs is 2. The van der Waals surface area contributed by atoms with E-state index in [1.807, 2.05) is 0 Å². The highest BCUT2D eigenvalue weighted by Gasteiger charge is 2.49. The van der Waals surface area contributed by atoms with Gasteiger partial charge < -0.3 is 10.5 Å². The Hall–Kier alpha value is -0.170. The minimum atomic E-state index is -2.89. The van der Waals surface area contributed by atoms with Gasteiger partial charge >= 0.3 is 0 Å². The maximum absolute atomic E-state index is 11.7. The molecule has 5 nitrogen and oxygen atoms in total. The summed E-state index contributed by atoms with van der Waals surface area (Å²) in [6.07, 6.45) is 3.48. The van der Waals surface area contributed by atoms with E-state index in [0.717, 1.165) is 25.9 Å². The van der Waals surface area contributed by atoms with Gasteiger partial charge in [0.25, 0.3) is 0 Å². The molecule has 17 heavy (non-hydrogen) atoms. The average molecular weight is 260 g/mol. The lowest BCUT2D eigenvalue weighted by Crippen LogP contribution is -2.60. The molecule has 6 heteroatoms. The summed E-state index contributed by atoms with van der Waals surface area (Å²) in [6.45, 7) is 2.14. The number of sulfone groups is 1. The maximum atomic E-state index is 11.7. The third-order valence-electron chi connectivity index (χ3n) is 4.46. The van der Waals surface area contributed by atoms with Gasteiger partial charge in [0.1, 0.15) is 0 Å². The number of ether oxygens (including phenoxy) is 1. The molecule has 98 valence electrons. The number of hydrogen-bond acceptors (Lipinski definition) is 5. The molecule has 0 radical (unpaired) electrons. The van der Waals surface area contributed by atoms with Gasteiger partial charge in [-0.1, -0.05) is 0 Å². The van der Waals surface area contributed by atoms with Crippen LogP contribution in [0.15, 0.2) is 0 Å². The number of nitrogens with two attached hydrogens (primary N) is 1. The van der Waals surface area contributed by atoms with E-state index in [2.05, 4.69) is 4.90 Å². The van der Waals surface area contributed by atoms with E-state index < -0.39 is 9.84 Å². The second-order valence-electron chi connectivity index (χ2n) is 5.63. The summed E-state index contributed by atoms with van der Waals surface area (Å²) < 4.78 is 29.2. The van der Waals surface area contributed by atoms with Crippen molar-refractivity contribution in [2.45, 2.75) is 37.0 Å². The van der Waals surface area contributed by atoms with Crippen LogP contribution in [0, 0.1) is 0 Å². The molecule has 0 aromatic heterocycles. The van der Waals surface area contributed by atoms with E-state index in [9.17, 15) is 8.42 Å². The van der Waals surface area contributed by atoms with Crippen LogP contribution in [0.25, 0.3) is 0 Å². The van der Waals surface area contributed by atoms with Crippen LogP contribution in [-0.2, 0) is 14.6 Å². The lowest BCUT2D eigenvalue weighted by atomic mass is 9.95. The Balaban J connectivity index is 1.82. The van der Waals surface area contributed by atoms with Crippen LogP contribution in [0.4, 0.5) is 0 Å². The zero-order valence-corrected chi connectivity index (χ0v) is 10.8. The van der Waals surface area contributed by atoms with Crippen molar-refractivity contribution >= 4 is 9.84 Å². The fourth-order valence-electron chi connectivity index (χ4n) is 3.44. The smallest absolute Gasteiger partial charge is 0.152 e. The van der Waals surface area contributed by atoms with Gasteiger partial charge in [-0.05, 0) is 19.3 Å². The van der Waals surface area contributed by atoms with Crippen molar-refractivity contribution in [2.24, 2.45) is 5.73 Å². The second-order valence-corrected chi connectivity index (χ2v) is 7.82. The van der Waals surface area contributed by atoms with Crippen LogP contribution in [0.1, 0.15) is 19.3 Å². The maximum Gasteiger partial charge on any atom is 0.152 e. The summed E-state index contributed by atoms with van der Waals surface area (Å²) in [5, 5.41) is 0. The molecule has 0 spiro atoms. The zero-order chi connectivity index (χ0) is 12.1. The average Bonchev–Trinajstić information content (AvgIpc) is 2.80. The third-order valence-corrected chi connectivity index (χ3v) is 6.26. The first-order valence-corrected chi connectivity index (χ1v) is 8.16. The number of likely N-dealkylation sites (tertiary alicyclic amines) is 1. The molecule has 0 aromatic carbocycles. The van der Waals surface area contributed by atoms with E-state index in [0.29, 0.717) is 25.2 Å². The Bertz CT molecular complexity index is 399. The second kappa shape index (κ2) is 3.91. The number of nitrogens with zero attached hydrogens (tertiary/aromatic N) is 1. The van der Waals surface area contributed by atoms with Gasteiger partial charge in [0.2, 0.25) is 0 Å². The van der Waals surface area contributed by atoms with Crippen molar-refractivity contribution < 1.29 is 13.2 Å². The van der Waals surface area contributed by atoms with E-state index in [1.54, 1.807) is 0 Å². The molecule has 3 aliphatic heterocycles. The van der Waals surface area contributed by atoms with E-state index >= 15 is 0 Å². The van der Waals surface area contributed by atoms with Crippen LogP contribution in [0.2, 0.25) is 0 Å². The first-order chi connectivity index (χ1) is 8.03. The predicted molar refractivity (Wildman–Crippen MR) is 64.5 cm³/mol. The van der Waals surface area contributed by atoms with Crippen LogP contribution >= 0.6 is 0 Å². The highest BCUT2D eigenvalue weighted by atomic mass is 32.2. The van der Waals surface area contributed by atoms with E-state index in [4.69, 9.17) is 10.5 Å².